The van der Waals surface area contributed by atoms with E-state index in [-0.39, 0.29) is 30.6 Å². The van der Waals surface area contributed by atoms with Crippen molar-refractivity contribution >= 4 is 41.3 Å². The summed E-state index contributed by atoms with van der Waals surface area (Å²) in [6.07, 6.45) is -4.31. The number of halogens is 4. The van der Waals surface area contributed by atoms with Crippen LogP contribution in [0.5, 0.6) is 0 Å². The van der Waals surface area contributed by atoms with Crippen molar-refractivity contribution in [3.8, 4) is 0 Å². The third-order valence-electron chi connectivity index (χ3n) is 3.55. The molecule has 0 unspecified atom stereocenters. The van der Waals surface area contributed by atoms with E-state index < -0.39 is 12.8 Å². The standard InChI is InChI=1S/C18H22F3N3OS.HI/c1-22-17(24(2)10-16-6-7-26-12-16)23-9-14-4-3-5-15(8-14)11-25-13-18(19,20)21;/h3-8,12H,9-11,13H2,1-2H3,(H,22,23);1H. The molecule has 150 valence electrons. The highest BCUT2D eigenvalue weighted by molar-refractivity contribution is 14.0. The van der Waals surface area contributed by atoms with Crippen LogP contribution in [0.1, 0.15) is 16.7 Å². The van der Waals surface area contributed by atoms with Gasteiger partial charge in [-0.2, -0.15) is 24.5 Å². The maximum atomic E-state index is 12.1. The summed E-state index contributed by atoms with van der Waals surface area (Å²) in [5.74, 6) is 0.745. The van der Waals surface area contributed by atoms with E-state index in [1.807, 2.05) is 29.5 Å². The molecule has 1 heterocycles. The maximum absolute atomic E-state index is 12.1. The molecular formula is C18H23F3IN3OS. The zero-order valence-electron chi connectivity index (χ0n) is 15.1. The number of nitrogens with zero attached hydrogens (tertiary/aromatic N) is 2. The zero-order chi connectivity index (χ0) is 19.0. The number of alkyl halides is 3. The lowest BCUT2D eigenvalue weighted by Crippen LogP contribution is -2.37. The van der Waals surface area contributed by atoms with Crippen LogP contribution in [0.3, 0.4) is 0 Å². The molecule has 0 spiro atoms. The fourth-order valence-electron chi connectivity index (χ4n) is 2.41. The van der Waals surface area contributed by atoms with Crippen molar-refractivity contribution in [2.45, 2.75) is 25.9 Å². The first-order valence-electron chi connectivity index (χ1n) is 8.02. The molecule has 4 nitrogen and oxygen atoms in total. The lowest BCUT2D eigenvalue weighted by Gasteiger charge is -2.21. The van der Waals surface area contributed by atoms with E-state index in [0.717, 1.165) is 18.1 Å². The molecule has 27 heavy (non-hydrogen) atoms. The van der Waals surface area contributed by atoms with Crippen molar-refractivity contribution in [2.24, 2.45) is 4.99 Å². The van der Waals surface area contributed by atoms with Gasteiger partial charge in [-0.25, -0.2) is 0 Å². The topological polar surface area (TPSA) is 36.9 Å². The number of hydrogen-bond donors (Lipinski definition) is 1. The van der Waals surface area contributed by atoms with Gasteiger partial charge in [0.15, 0.2) is 5.96 Å². The molecule has 0 bridgehead atoms. The van der Waals surface area contributed by atoms with E-state index in [0.29, 0.717) is 12.1 Å². The van der Waals surface area contributed by atoms with Crippen LogP contribution in [-0.4, -0.2) is 37.7 Å². The Morgan fingerprint density at radius 2 is 1.96 bits per heavy atom. The number of thiophene rings is 1. The Morgan fingerprint density at radius 1 is 1.22 bits per heavy atom. The van der Waals surface area contributed by atoms with Gasteiger partial charge in [0.2, 0.25) is 0 Å². The highest BCUT2D eigenvalue weighted by atomic mass is 127. The van der Waals surface area contributed by atoms with Gasteiger partial charge in [-0.3, -0.25) is 4.99 Å². The Morgan fingerprint density at radius 3 is 2.59 bits per heavy atom. The molecule has 0 amide bonds. The number of ether oxygens (including phenoxy) is 1. The molecule has 0 aliphatic rings. The molecule has 1 aromatic carbocycles. The summed E-state index contributed by atoms with van der Waals surface area (Å²) in [6.45, 7) is -0.0438. The fraction of sp³-hybridized carbons (Fsp3) is 0.389. The number of benzene rings is 1. The average Bonchev–Trinajstić information content (AvgIpc) is 3.07. The molecule has 2 rings (SSSR count). The third kappa shape index (κ3) is 8.93. The smallest absolute Gasteiger partial charge is 0.367 e. The van der Waals surface area contributed by atoms with Gasteiger partial charge in [0.25, 0.3) is 0 Å². The van der Waals surface area contributed by atoms with E-state index in [1.165, 1.54) is 5.56 Å². The molecule has 0 saturated carbocycles. The van der Waals surface area contributed by atoms with Gasteiger partial charge < -0.3 is 15.0 Å². The second kappa shape index (κ2) is 11.5. The molecule has 1 N–H and O–H groups in total. The molecule has 0 saturated heterocycles. The zero-order valence-corrected chi connectivity index (χ0v) is 18.3. The van der Waals surface area contributed by atoms with Crippen molar-refractivity contribution in [3.63, 3.8) is 0 Å². The largest absolute Gasteiger partial charge is 0.411 e. The fourth-order valence-corrected chi connectivity index (χ4v) is 3.07. The van der Waals surface area contributed by atoms with Gasteiger partial charge in [0.05, 0.1) is 6.61 Å². The lowest BCUT2D eigenvalue weighted by molar-refractivity contribution is -0.176. The molecule has 0 atom stereocenters. The number of hydrogen-bond acceptors (Lipinski definition) is 3. The quantitative estimate of drug-likeness (QED) is 0.333. The van der Waals surface area contributed by atoms with Crippen LogP contribution >= 0.6 is 35.3 Å². The van der Waals surface area contributed by atoms with Gasteiger partial charge in [-0.15, -0.1) is 24.0 Å². The van der Waals surface area contributed by atoms with Crippen LogP contribution in [0.25, 0.3) is 0 Å². The summed E-state index contributed by atoms with van der Waals surface area (Å²) in [4.78, 5) is 6.28. The first kappa shape index (κ1) is 23.7. The highest BCUT2D eigenvalue weighted by Gasteiger charge is 2.27. The second-order valence-corrected chi connectivity index (χ2v) is 6.60. The van der Waals surface area contributed by atoms with E-state index in [1.54, 1.807) is 30.5 Å². The monoisotopic (exact) mass is 513 g/mol. The van der Waals surface area contributed by atoms with Gasteiger partial charge in [0, 0.05) is 27.2 Å². The second-order valence-electron chi connectivity index (χ2n) is 5.82. The van der Waals surface area contributed by atoms with Crippen LogP contribution in [0.15, 0.2) is 46.1 Å². The van der Waals surface area contributed by atoms with E-state index in [4.69, 9.17) is 4.74 Å². The molecule has 0 aliphatic carbocycles. The first-order valence-corrected chi connectivity index (χ1v) is 8.97. The van der Waals surface area contributed by atoms with E-state index >= 15 is 0 Å². The summed E-state index contributed by atoms with van der Waals surface area (Å²) < 4.78 is 41.1. The van der Waals surface area contributed by atoms with Gasteiger partial charge in [0.1, 0.15) is 6.61 Å². The van der Waals surface area contributed by atoms with E-state index in [2.05, 4.69) is 21.8 Å². The van der Waals surface area contributed by atoms with Crippen molar-refractivity contribution < 1.29 is 17.9 Å². The summed E-state index contributed by atoms with van der Waals surface area (Å²) in [5.41, 5.74) is 2.86. The van der Waals surface area contributed by atoms with Crippen LogP contribution in [0, 0.1) is 0 Å². The van der Waals surface area contributed by atoms with Crippen molar-refractivity contribution in [2.75, 3.05) is 20.7 Å². The summed E-state index contributed by atoms with van der Waals surface area (Å²) in [5, 5.41) is 7.39. The molecule has 2 aromatic rings. The van der Waals surface area contributed by atoms with Gasteiger partial charge in [-0.1, -0.05) is 24.3 Å². The predicted octanol–water partition coefficient (Wildman–Crippen LogP) is 4.65. The minimum atomic E-state index is -4.31. The Labute approximate surface area is 178 Å². The third-order valence-corrected chi connectivity index (χ3v) is 4.28. The minimum Gasteiger partial charge on any atom is -0.367 e. The first-order chi connectivity index (χ1) is 12.4. The Balaban J connectivity index is 0.00000364. The normalized spacial score (nSPS) is 11.8. The Kier molecular flexibility index (Phi) is 10.1. The minimum absolute atomic E-state index is 0. The van der Waals surface area contributed by atoms with Crippen LogP contribution in [-0.2, 0) is 24.4 Å². The number of rotatable bonds is 7. The van der Waals surface area contributed by atoms with Crippen LogP contribution < -0.4 is 5.32 Å². The van der Waals surface area contributed by atoms with Gasteiger partial charge >= 0.3 is 6.18 Å². The maximum Gasteiger partial charge on any atom is 0.411 e. The molecule has 0 radical (unpaired) electrons. The number of guanidine groups is 1. The predicted molar refractivity (Wildman–Crippen MR) is 114 cm³/mol. The van der Waals surface area contributed by atoms with E-state index in [9.17, 15) is 13.2 Å². The number of aliphatic imine (C=N–C) groups is 1. The Hall–Kier alpha value is -1.33. The number of nitrogens with one attached hydrogen (secondary N) is 1. The molecular weight excluding hydrogens is 490 g/mol. The lowest BCUT2D eigenvalue weighted by atomic mass is 10.1. The van der Waals surface area contributed by atoms with Crippen LogP contribution in [0.4, 0.5) is 13.2 Å². The van der Waals surface area contributed by atoms with Gasteiger partial charge in [-0.05, 0) is 33.5 Å². The van der Waals surface area contributed by atoms with Crippen LogP contribution in [0.2, 0.25) is 0 Å². The summed E-state index contributed by atoms with van der Waals surface area (Å²) in [6, 6.07) is 9.36. The summed E-state index contributed by atoms with van der Waals surface area (Å²) in [7, 11) is 3.67. The van der Waals surface area contributed by atoms with Crippen molar-refractivity contribution in [1.82, 2.24) is 10.2 Å². The molecule has 0 fully saturated rings. The van der Waals surface area contributed by atoms with Crippen molar-refractivity contribution in [3.05, 3.63) is 57.8 Å². The van der Waals surface area contributed by atoms with Crippen molar-refractivity contribution in [1.29, 1.82) is 0 Å². The molecule has 1 aromatic heterocycles. The molecule has 9 heteroatoms. The highest BCUT2D eigenvalue weighted by Crippen LogP contribution is 2.16. The molecule has 0 aliphatic heterocycles. The summed E-state index contributed by atoms with van der Waals surface area (Å²) >= 11 is 1.65. The SMILES string of the molecule is CN=C(NCc1cccc(COCC(F)(F)F)c1)N(C)Cc1ccsc1.I. The Bertz CT molecular complexity index is 708. The average molecular weight is 513 g/mol.